The highest BCUT2D eigenvalue weighted by Crippen LogP contribution is 2.45. The second-order valence-corrected chi connectivity index (χ2v) is 13.7. The molecular weight excluding hydrogens is 653 g/mol. The number of rotatable bonds is 7. The van der Waals surface area contributed by atoms with E-state index in [1.165, 1.54) is 54.8 Å². The summed E-state index contributed by atoms with van der Waals surface area (Å²) in [5.74, 6) is 0. The average molecular weight is 689 g/mol. The van der Waals surface area contributed by atoms with Gasteiger partial charge in [-0.05, 0) is 70.1 Å². The van der Waals surface area contributed by atoms with Crippen molar-refractivity contribution in [1.29, 1.82) is 0 Å². The molecule has 10 rings (SSSR count). The first-order chi connectivity index (χ1) is 26.8. The number of benzene rings is 9. The van der Waals surface area contributed by atoms with Crippen LogP contribution in [-0.4, -0.2) is 4.57 Å². The van der Waals surface area contributed by atoms with E-state index < -0.39 is 0 Å². The Labute approximate surface area is 315 Å². The minimum absolute atomic E-state index is 1.10. The molecule has 0 aliphatic heterocycles. The largest absolute Gasteiger partial charge is 0.309 e. The maximum atomic E-state index is 2.43. The molecule has 1 aromatic heterocycles. The van der Waals surface area contributed by atoms with Crippen molar-refractivity contribution >= 4 is 49.6 Å². The highest BCUT2D eigenvalue weighted by atomic mass is 15.1. The second kappa shape index (κ2) is 13.4. The van der Waals surface area contributed by atoms with Crippen LogP contribution in [-0.2, 0) is 0 Å². The van der Waals surface area contributed by atoms with Gasteiger partial charge in [-0.2, -0.15) is 0 Å². The van der Waals surface area contributed by atoms with Gasteiger partial charge in [0.1, 0.15) is 0 Å². The predicted octanol–water partition coefficient (Wildman–Crippen LogP) is 14.4. The molecule has 0 fully saturated rings. The number of hydrogen-bond donors (Lipinski definition) is 0. The third-order valence-corrected chi connectivity index (χ3v) is 10.6. The fraction of sp³-hybridized carbons (Fsp3) is 0. The van der Waals surface area contributed by atoms with Gasteiger partial charge in [-0.1, -0.05) is 176 Å². The van der Waals surface area contributed by atoms with E-state index in [0.717, 1.165) is 33.9 Å². The topological polar surface area (TPSA) is 8.17 Å². The molecule has 0 saturated heterocycles. The molecule has 0 amide bonds. The van der Waals surface area contributed by atoms with E-state index >= 15 is 0 Å². The molecule has 0 spiro atoms. The van der Waals surface area contributed by atoms with Gasteiger partial charge in [0.2, 0.25) is 0 Å². The van der Waals surface area contributed by atoms with Crippen molar-refractivity contribution in [2.24, 2.45) is 0 Å². The van der Waals surface area contributed by atoms with E-state index in [1.807, 2.05) is 0 Å². The minimum Gasteiger partial charge on any atom is -0.309 e. The van der Waals surface area contributed by atoms with Gasteiger partial charge >= 0.3 is 0 Å². The van der Waals surface area contributed by atoms with Crippen molar-refractivity contribution in [2.75, 3.05) is 4.90 Å². The first kappa shape index (κ1) is 31.6. The first-order valence-electron chi connectivity index (χ1n) is 18.5. The van der Waals surface area contributed by atoms with Gasteiger partial charge in [0.15, 0.2) is 0 Å². The van der Waals surface area contributed by atoms with Gasteiger partial charge in [0.25, 0.3) is 0 Å². The molecule has 0 radical (unpaired) electrons. The molecule has 0 aliphatic carbocycles. The van der Waals surface area contributed by atoms with Crippen LogP contribution in [0.3, 0.4) is 0 Å². The number of anilines is 3. The number of para-hydroxylation sites is 3. The molecule has 0 saturated carbocycles. The zero-order valence-electron chi connectivity index (χ0n) is 29.7. The lowest BCUT2D eigenvalue weighted by molar-refractivity contribution is 1.19. The van der Waals surface area contributed by atoms with E-state index in [-0.39, 0.29) is 0 Å². The zero-order valence-corrected chi connectivity index (χ0v) is 29.7. The SMILES string of the molecule is c1ccc(-c2ccc(N(c3ccccc3-c3ccccc3)c3ccccc3-c3ccc(-n4c5ccccc5c5ccc6ccccc6c54)cc3)cc2)cc1. The number of aromatic nitrogens is 1. The van der Waals surface area contributed by atoms with E-state index in [2.05, 4.69) is 228 Å². The van der Waals surface area contributed by atoms with Crippen LogP contribution in [0, 0.1) is 0 Å². The van der Waals surface area contributed by atoms with Gasteiger partial charge in [0.05, 0.1) is 22.4 Å². The Morgan fingerprint density at radius 1 is 0.315 bits per heavy atom. The maximum absolute atomic E-state index is 2.43. The molecule has 54 heavy (non-hydrogen) atoms. The summed E-state index contributed by atoms with van der Waals surface area (Å²) < 4.78 is 2.43. The Morgan fingerprint density at radius 3 is 1.50 bits per heavy atom. The summed E-state index contributed by atoms with van der Waals surface area (Å²) in [7, 11) is 0. The van der Waals surface area contributed by atoms with E-state index in [0.29, 0.717) is 0 Å². The van der Waals surface area contributed by atoms with Gasteiger partial charge < -0.3 is 9.47 Å². The van der Waals surface area contributed by atoms with Crippen molar-refractivity contribution < 1.29 is 0 Å². The summed E-state index contributed by atoms with van der Waals surface area (Å²) in [6.07, 6.45) is 0. The first-order valence-corrected chi connectivity index (χ1v) is 18.5. The predicted molar refractivity (Wildman–Crippen MR) is 229 cm³/mol. The monoisotopic (exact) mass is 688 g/mol. The smallest absolute Gasteiger partial charge is 0.0619 e. The zero-order chi connectivity index (χ0) is 35.8. The van der Waals surface area contributed by atoms with Crippen LogP contribution in [0.15, 0.2) is 218 Å². The molecular formula is C52H36N2. The van der Waals surface area contributed by atoms with Crippen molar-refractivity contribution in [1.82, 2.24) is 4.57 Å². The standard InChI is InChI=1S/C52H36N2/c1-3-15-37(16-4-1)38-27-32-42(33-28-38)53(49-24-12-9-20-44(49)39-17-5-2-6-18-39)50-25-13-10-21-45(50)41-29-34-43(35-30-41)54-51-26-14-11-23-47(51)48-36-31-40-19-7-8-22-46(40)52(48)54/h1-36H. The summed E-state index contributed by atoms with van der Waals surface area (Å²) in [5, 5.41) is 5.03. The lowest BCUT2D eigenvalue weighted by atomic mass is 9.98. The van der Waals surface area contributed by atoms with Crippen molar-refractivity contribution in [3.63, 3.8) is 0 Å². The van der Waals surface area contributed by atoms with E-state index in [1.54, 1.807) is 0 Å². The number of fused-ring (bicyclic) bond motifs is 5. The highest BCUT2D eigenvalue weighted by Gasteiger charge is 2.21. The summed E-state index contributed by atoms with van der Waals surface area (Å²) in [4.78, 5) is 2.42. The van der Waals surface area contributed by atoms with Crippen molar-refractivity contribution in [3.8, 4) is 39.1 Å². The molecule has 1 heterocycles. The Bertz CT molecular complexity index is 2910. The van der Waals surface area contributed by atoms with Gasteiger partial charge in [-0.15, -0.1) is 0 Å². The van der Waals surface area contributed by atoms with Crippen LogP contribution in [0.2, 0.25) is 0 Å². The maximum Gasteiger partial charge on any atom is 0.0619 e. The summed E-state index contributed by atoms with van der Waals surface area (Å²) in [5.41, 5.74) is 14.0. The molecule has 0 bridgehead atoms. The highest BCUT2D eigenvalue weighted by molar-refractivity contribution is 6.18. The Kier molecular flexibility index (Phi) is 7.85. The molecule has 2 heteroatoms. The number of nitrogens with zero attached hydrogens (tertiary/aromatic N) is 2. The van der Waals surface area contributed by atoms with Gasteiger partial charge in [-0.25, -0.2) is 0 Å². The van der Waals surface area contributed by atoms with Crippen LogP contribution in [0.5, 0.6) is 0 Å². The van der Waals surface area contributed by atoms with Crippen LogP contribution in [0.1, 0.15) is 0 Å². The summed E-state index contributed by atoms with van der Waals surface area (Å²) in [6, 6.07) is 78.8. The molecule has 2 nitrogen and oxygen atoms in total. The molecule has 254 valence electrons. The Morgan fingerprint density at radius 2 is 0.815 bits per heavy atom. The normalized spacial score (nSPS) is 11.3. The number of hydrogen-bond acceptors (Lipinski definition) is 1. The van der Waals surface area contributed by atoms with Crippen LogP contribution >= 0.6 is 0 Å². The lowest BCUT2D eigenvalue weighted by Crippen LogP contribution is -2.12. The van der Waals surface area contributed by atoms with E-state index in [9.17, 15) is 0 Å². The van der Waals surface area contributed by atoms with Gasteiger partial charge in [-0.3, -0.25) is 0 Å². The Balaban J connectivity index is 1.13. The van der Waals surface area contributed by atoms with E-state index in [4.69, 9.17) is 0 Å². The second-order valence-electron chi connectivity index (χ2n) is 13.7. The van der Waals surface area contributed by atoms with Crippen LogP contribution < -0.4 is 4.90 Å². The summed E-state index contributed by atoms with van der Waals surface area (Å²) in [6.45, 7) is 0. The minimum atomic E-state index is 1.10. The van der Waals surface area contributed by atoms with Crippen LogP contribution in [0.25, 0.3) is 71.6 Å². The summed E-state index contributed by atoms with van der Waals surface area (Å²) >= 11 is 0. The molecule has 0 aliphatic rings. The lowest BCUT2D eigenvalue weighted by Gasteiger charge is -2.30. The molecule has 0 unspecified atom stereocenters. The van der Waals surface area contributed by atoms with Gasteiger partial charge in [0, 0.05) is 38.7 Å². The molecule has 0 atom stereocenters. The molecule has 0 N–H and O–H groups in total. The van der Waals surface area contributed by atoms with Crippen LogP contribution in [0.4, 0.5) is 17.1 Å². The fourth-order valence-electron chi connectivity index (χ4n) is 8.07. The third kappa shape index (κ3) is 5.44. The fourth-order valence-corrected chi connectivity index (χ4v) is 8.07. The molecule has 9 aromatic carbocycles. The molecule has 10 aromatic rings. The Hall–Kier alpha value is -7.16. The average Bonchev–Trinajstić information content (AvgIpc) is 3.60. The van der Waals surface area contributed by atoms with Crippen molar-refractivity contribution in [3.05, 3.63) is 218 Å². The van der Waals surface area contributed by atoms with Crippen molar-refractivity contribution in [2.45, 2.75) is 0 Å². The quantitative estimate of drug-likeness (QED) is 0.162. The third-order valence-electron chi connectivity index (χ3n) is 10.6.